The number of fused-ring (bicyclic) bond motifs is 1. The molecule has 130 valence electrons. The summed E-state index contributed by atoms with van der Waals surface area (Å²) in [4.78, 5) is 15.8. The Hall–Kier alpha value is -2.58. The number of nitrogens with two attached hydrogens (primary N) is 1. The minimum Gasteiger partial charge on any atom is -0.383 e. The van der Waals surface area contributed by atoms with Gasteiger partial charge in [0.1, 0.15) is 23.6 Å². The Balaban J connectivity index is 1.50. The van der Waals surface area contributed by atoms with E-state index in [9.17, 15) is 0 Å². The second-order valence-electron chi connectivity index (χ2n) is 6.13. The average Bonchev–Trinajstić information content (AvgIpc) is 3.11. The Kier molecular flexibility index (Phi) is 4.29. The van der Waals surface area contributed by atoms with Gasteiger partial charge in [-0.1, -0.05) is 19.1 Å². The maximum atomic E-state index is 6.08. The number of morpholine rings is 1. The largest absolute Gasteiger partial charge is 0.383 e. The van der Waals surface area contributed by atoms with E-state index in [-0.39, 0.29) is 6.10 Å². The number of aryl methyl sites for hydroxylation is 1. The molecule has 2 aromatic heterocycles. The highest BCUT2D eigenvalue weighted by Gasteiger charge is 2.26. The molecule has 0 aliphatic carbocycles. The predicted molar refractivity (Wildman–Crippen MR) is 93.7 cm³/mol. The van der Waals surface area contributed by atoms with Crippen molar-refractivity contribution >= 4 is 16.7 Å². The SMILES string of the molecule is CCc1nc(C2CN(Cc3nc(N)c4ccccc4n3)CCO2)n[nH]1. The molecule has 1 unspecified atom stereocenters. The second kappa shape index (κ2) is 6.73. The molecule has 25 heavy (non-hydrogen) atoms. The highest BCUT2D eigenvalue weighted by atomic mass is 16.5. The topological polar surface area (TPSA) is 106 Å². The number of nitrogens with one attached hydrogen (secondary N) is 1. The molecule has 1 atom stereocenters. The molecule has 3 N–H and O–H groups in total. The van der Waals surface area contributed by atoms with Crippen LogP contribution in [0.15, 0.2) is 24.3 Å². The number of nitrogens with zero attached hydrogens (tertiary/aromatic N) is 5. The number of aromatic nitrogens is 5. The number of nitrogen functional groups attached to an aromatic ring is 1. The van der Waals surface area contributed by atoms with Gasteiger partial charge in [-0.2, -0.15) is 5.10 Å². The van der Waals surface area contributed by atoms with E-state index in [1.165, 1.54) is 0 Å². The number of para-hydroxylation sites is 1. The Morgan fingerprint density at radius 1 is 1.28 bits per heavy atom. The van der Waals surface area contributed by atoms with Crippen LogP contribution in [0, 0.1) is 0 Å². The summed E-state index contributed by atoms with van der Waals surface area (Å²) >= 11 is 0. The fourth-order valence-electron chi connectivity index (χ4n) is 3.04. The van der Waals surface area contributed by atoms with Crippen LogP contribution >= 0.6 is 0 Å². The first-order valence-electron chi connectivity index (χ1n) is 8.49. The molecule has 1 fully saturated rings. The van der Waals surface area contributed by atoms with Gasteiger partial charge in [-0.3, -0.25) is 10.00 Å². The van der Waals surface area contributed by atoms with Gasteiger partial charge in [0.05, 0.1) is 18.7 Å². The van der Waals surface area contributed by atoms with Crippen LogP contribution in [0.4, 0.5) is 5.82 Å². The number of ether oxygens (including phenoxy) is 1. The molecule has 3 heterocycles. The lowest BCUT2D eigenvalue weighted by atomic mass is 10.2. The van der Waals surface area contributed by atoms with Crippen LogP contribution < -0.4 is 5.73 Å². The minimum absolute atomic E-state index is 0.136. The second-order valence-corrected chi connectivity index (χ2v) is 6.13. The zero-order chi connectivity index (χ0) is 17.2. The molecular formula is C17H21N7O. The van der Waals surface area contributed by atoms with Crippen LogP contribution in [-0.4, -0.2) is 49.7 Å². The number of benzene rings is 1. The van der Waals surface area contributed by atoms with Gasteiger partial charge in [0.15, 0.2) is 5.82 Å². The van der Waals surface area contributed by atoms with Gasteiger partial charge >= 0.3 is 0 Å². The van der Waals surface area contributed by atoms with Crippen LogP contribution in [0.2, 0.25) is 0 Å². The van der Waals surface area contributed by atoms with Crippen LogP contribution in [0.3, 0.4) is 0 Å². The number of H-pyrrole nitrogens is 1. The van der Waals surface area contributed by atoms with E-state index >= 15 is 0 Å². The van der Waals surface area contributed by atoms with E-state index < -0.39 is 0 Å². The lowest BCUT2D eigenvalue weighted by Crippen LogP contribution is -2.38. The van der Waals surface area contributed by atoms with Crippen LogP contribution in [0.1, 0.15) is 30.5 Å². The molecule has 0 spiro atoms. The molecule has 1 saturated heterocycles. The fourth-order valence-corrected chi connectivity index (χ4v) is 3.04. The molecule has 0 bridgehead atoms. The van der Waals surface area contributed by atoms with Gasteiger partial charge in [0.2, 0.25) is 0 Å². The summed E-state index contributed by atoms with van der Waals surface area (Å²) in [7, 11) is 0. The first-order valence-corrected chi connectivity index (χ1v) is 8.49. The van der Waals surface area contributed by atoms with Crippen molar-refractivity contribution in [3.05, 3.63) is 41.7 Å². The molecule has 1 aliphatic rings. The van der Waals surface area contributed by atoms with Crippen molar-refractivity contribution < 1.29 is 4.74 Å². The highest BCUT2D eigenvalue weighted by molar-refractivity contribution is 5.87. The lowest BCUT2D eigenvalue weighted by molar-refractivity contribution is -0.0377. The lowest BCUT2D eigenvalue weighted by Gasteiger charge is -2.31. The molecule has 3 aromatic rings. The summed E-state index contributed by atoms with van der Waals surface area (Å²) in [6.07, 6.45) is 0.691. The van der Waals surface area contributed by atoms with Gasteiger partial charge in [-0.25, -0.2) is 15.0 Å². The van der Waals surface area contributed by atoms with Crippen molar-refractivity contribution in [3.63, 3.8) is 0 Å². The van der Waals surface area contributed by atoms with Gasteiger partial charge in [0, 0.05) is 24.9 Å². The molecule has 0 radical (unpaired) electrons. The minimum atomic E-state index is -0.136. The van der Waals surface area contributed by atoms with Gasteiger partial charge < -0.3 is 10.5 Å². The third kappa shape index (κ3) is 3.31. The third-order valence-corrected chi connectivity index (χ3v) is 4.37. The average molecular weight is 339 g/mol. The number of hydrogen-bond acceptors (Lipinski definition) is 7. The van der Waals surface area contributed by atoms with Crippen molar-refractivity contribution in [2.24, 2.45) is 0 Å². The maximum Gasteiger partial charge on any atom is 0.180 e. The zero-order valence-corrected chi connectivity index (χ0v) is 14.1. The molecule has 0 amide bonds. The molecule has 0 saturated carbocycles. The first-order chi connectivity index (χ1) is 12.2. The Morgan fingerprint density at radius 3 is 3.00 bits per heavy atom. The number of rotatable bonds is 4. The van der Waals surface area contributed by atoms with E-state index in [4.69, 9.17) is 10.5 Å². The Labute approximate surface area is 145 Å². The zero-order valence-electron chi connectivity index (χ0n) is 14.1. The third-order valence-electron chi connectivity index (χ3n) is 4.37. The Bertz CT molecular complexity index is 878. The first kappa shape index (κ1) is 15.9. The van der Waals surface area contributed by atoms with Gasteiger partial charge in [-0.05, 0) is 12.1 Å². The quantitative estimate of drug-likeness (QED) is 0.741. The van der Waals surface area contributed by atoms with E-state index in [0.717, 1.165) is 35.5 Å². The molecule has 8 nitrogen and oxygen atoms in total. The molecule has 4 rings (SSSR count). The summed E-state index contributed by atoms with van der Waals surface area (Å²) in [6, 6.07) is 7.79. The summed E-state index contributed by atoms with van der Waals surface area (Å²) in [5.41, 5.74) is 6.95. The maximum absolute atomic E-state index is 6.08. The standard InChI is InChI=1S/C17H21N7O/c1-2-14-21-17(23-22-14)13-9-24(7-8-25-13)10-15-19-12-6-4-3-5-11(12)16(18)20-15/h3-6,13H,2,7-10H2,1H3,(H2,18,19,20)(H,21,22,23). The van der Waals surface area contributed by atoms with Crippen LogP contribution in [-0.2, 0) is 17.7 Å². The molecule has 1 aromatic carbocycles. The monoisotopic (exact) mass is 339 g/mol. The number of aromatic amines is 1. The summed E-state index contributed by atoms with van der Waals surface area (Å²) in [5, 5.41) is 8.10. The smallest absolute Gasteiger partial charge is 0.180 e. The van der Waals surface area contributed by atoms with E-state index in [2.05, 4.69) is 30.0 Å². The highest BCUT2D eigenvalue weighted by Crippen LogP contribution is 2.22. The van der Waals surface area contributed by atoms with Crippen molar-refractivity contribution in [2.75, 3.05) is 25.4 Å². The number of hydrogen-bond donors (Lipinski definition) is 2. The van der Waals surface area contributed by atoms with Crippen molar-refractivity contribution in [3.8, 4) is 0 Å². The summed E-state index contributed by atoms with van der Waals surface area (Å²) in [5.74, 6) is 2.83. The van der Waals surface area contributed by atoms with Crippen molar-refractivity contribution in [2.45, 2.75) is 26.0 Å². The molecule has 1 aliphatic heterocycles. The normalized spacial score (nSPS) is 18.7. The number of anilines is 1. The Morgan fingerprint density at radius 2 is 2.16 bits per heavy atom. The summed E-state index contributed by atoms with van der Waals surface area (Å²) in [6.45, 7) is 4.82. The van der Waals surface area contributed by atoms with Crippen LogP contribution in [0.5, 0.6) is 0 Å². The fraction of sp³-hybridized carbons (Fsp3) is 0.412. The van der Waals surface area contributed by atoms with Crippen molar-refractivity contribution in [1.82, 2.24) is 30.0 Å². The van der Waals surface area contributed by atoms with Crippen LogP contribution in [0.25, 0.3) is 10.9 Å². The van der Waals surface area contributed by atoms with E-state index in [1.807, 2.05) is 31.2 Å². The van der Waals surface area contributed by atoms with Gasteiger partial charge in [0.25, 0.3) is 0 Å². The molecular weight excluding hydrogens is 318 g/mol. The predicted octanol–water partition coefficient (Wildman–Crippen LogP) is 1.47. The van der Waals surface area contributed by atoms with E-state index in [1.54, 1.807) is 0 Å². The van der Waals surface area contributed by atoms with E-state index in [0.29, 0.717) is 31.3 Å². The van der Waals surface area contributed by atoms with Gasteiger partial charge in [-0.15, -0.1) is 0 Å². The van der Waals surface area contributed by atoms with Crippen molar-refractivity contribution in [1.29, 1.82) is 0 Å². The molecule has 8 heteroatoms. The summed E-state index contributed by atoms with van der Waals surface area (Å²) < 4.78 is 5.83.